The summed E-state index contributed by atoms with van der Waals surface area (Å²) in [7, 11) is 0. The van der Waals surface area contributed by atoms with Crippen molar-refractivity contribution < 1.29 is 9.90 Å². The van der Waals surface area contributed by atoms with Crippen LogP contribution in [0.15, 0.2) is 65.8 Å². The van der Waals surface area contributed by atoms with E-state index in [2.05, 4.69) is 10.5 Å². The zero-order valence-corrected chi connectivity index (χ0v) is 10.7. The molecule has 0 atom stereocenters. The Hall–Kier alpha value is -2.88. The number of hydrogen-bond acceptors (Lipinski definition) is 3. The second kappa shape index (κ2) is 6.89. The molecule has 2 aromatic rings. The molecular weight excluding hydrogens is 252 g/mol. The third-order valence-corrected chi connectivity index (χ3v) is 2.57. The van der Waals surface area contributed by atoms with Crippen molar-refractivity contribution in [3.63, 3.8) is 0 Å². The minimum Gasteiger partial charge on any atom is -0.478 e. The number of nitrogens with one attached hydrogen (secondary N) is 1. The van der Waals surface area contributed by atoms with Crippen molar-refractivity contribution in [2.24, 2.45) is 5.10 Å². The van der Waals surface area contributed by atoms with Crippen molar-refractivity contribution in [2.75, 3.05) is 5.43 Å². The molecule has 0 spiro atoms. The summed E-state index contributed by atoms with van der Waals surface area (Å²) in [5, 5.41) is 12.8. The number of anilines is 1. The Kier molecular flexibility index (Phi) is 4.67. The summed E-state index contributed by atoms with van der Waals surface area (Å²) in [6.45, 7) is 0. The van der Waals surface area contributed by atoms with Crippen molar-refractivity contribution in [3.05, 3.63) is 71.8 Å². The van der Waals surface area contributed by atoms with E-state index in [0.717, 1.165) is 11.3 Å². The van der Waals surface area contributed by atoms with Crippen molar-refractivity contribution in [1.82, 2.24) is 0 Å². The smallest absolute Gasteiger partial charge is 0.335 e. The van der Waals surface area contributed by atoms with Crippen LogP contribution in [-0.4, -0.2) is 17.3 Å². The Balaban J connectivity index is 1.87. The number of benzene rings is 2. The fourth-order valence-electron chi connectivity index (χ4n) is 1.56. The predicted molar refractivity (Wildman–Crippen MR) is 81.0 cm³/mol. The molecule has 0 unspecified atom stereocenters. The molecule has 100 valence electrons. The number of hydrogen-bond donors (Lipinski definition) is 2. The molecule has 4 heteroatoms. The van der Waals surface area contributed by atoms with E-state index in [-0.39, 0.29) is 5.56 Å². The molecule has 0 aliphatic carbocycles. The van der Waals surface area contributed by atoms with Gasteiger partial charge in [-0.3, -0.25) is 5.43 Å². The predicted octanol–water partition coefficient (Wildman–Crippen LogP) is 3.50. The largest absolute Gasteiger partial charge is 0.478 e. The number of hydrazone groups is 1. The summed E-state index contributed by atoms with van der Waals surface area (Å²) < 4.78 is 0. The molecule has 4 nitrogen and oxygen atoms in total. The standard InChI is InChI=1S/C16H14N2O2/c19-16(20)14-8-10-15(11-9-14)18-17-12-4-7-13-5-2-1-3-6-13/h1-12,18H,(H,19,20). The second-order valence-electron chi connectivity index (χ2n) is 4.04. The number of aromatic carboxylic acids is 1. The first-order valence-corrected chi connectivity index (χ1v) is 6.10. The summed E-state index contributed by atoms with van der Waals surface area (Å²) in [5.41, 5.74) is 4.91. The molecule has 0 amide bonds. The van der Waals surface area contributed by atoms with Crippen LogP contribution in [0, 0.1) is 0 Å². The molecule has 2 rings (SSSR count). The molecule has 0 saturated carbocycles. The second-order valence-corrected chi connectivity index (χ2v) is 4.04. The van der Waals surface area contributed by atoms with Gasteiger partial charge in [-0.05, 0) is 35.9 Å². The Morgan fingerprint density at radius 1 is 1.05 bits per heavy atom. The Morgan fingerprint density at radius 3 is 2.40 bits per heavy atom. The fourth-order valence-corrected chi connectivity index (χ4v) is 1.56. The molecule has 2 aromatic carbocycles. The highest BCUT2D eigenvalue weighted by Gasteiger charge is 2.00. The zero-order chi connectivity index (χ0) is 14.2. The highest BCUT2D eigenvalue weighted by Crippen LogP contribution is 2.09. The van der Waals surface area contributed by atoms with Crippen LogP contribution in [0.4, 0.5) is 5.69 Å². The van der Waals surface area contributed by atoms with Crippen LogP contribution in [0.1, 0.15) is 15.9 Å². The molecular formula is C16H14N2O2. The van der Waals surface area contributed by atoms with E-state index in [9.17, 15) is 4.79 Å². The van der Waals surface area contributed by atoms with Crippen LogP contribution in [0.3, 0.4) is 0 Å². The number of carboxylic acids is 1. The molecule has 20 heavy (non-hydrogen) atoms. The number of allylic oxidation sites excluding steroid dienone is 1. The van der Waals surface area contributed by atoms with Gasteiger partial charge in [-0.2, -0.15) is 5.10 Å². The van der Waals surface area contributed by atoms with Gasteiger partial charge in [0.15, 0.2) is 0 Å². The molecule has 2 N–H and O–H groups in total. The highest BCUT2D eigenvalue weighted by molar-refractivity contribution is 5.88. The lowest BCUT2D eigenvalue weighted by atomic mass is 10.2. The maximum atomic E-state index is 10.7. The lowest BCUT2D eigenvalue weighted by Gasteiger charge is -1.99. The van der Waals surface area contributed by atoms with Crippen LogP contribution < -0.4 is 5.43 Å². The van der Waals surface area contributed by atoms with Crippen LogP contribution in [-0.2, 0) is 0 Å². The topological polar surface area (TPSA) is 61.7 Å². The summed E-state index contributed by atoms with van der Waals surface area (Å²) in [6, 6.07) is 16.3. The SMILES string of the molecule is O=C(O)c1ccc(NN=CC=Cc2ccccc2)cc1. The average Bonchev–Trinajstić information content (AvgIpc) is 2.48. The number of carboxylic acid groups (broad SMARTS) is 1. The molecule has 0 aliphatic heterocycles. The third kappa shape index (κ3) is 4.10. The lowest BCUT2D eigenvalue weighted by Crippen LogP contribution is -1.96. The Bertz CT molecular complexity index is 617. The van der Waals surface area contributed by atoms with Gasteiger partial charge in [0.25, 0.3) is 0 Å². The molecule has 0 heterocycles. The monoisotopic (exact) mass is 266 g/mol. The summed E-state index contributed by atoms with van der Waals surface area (Å²) in [5.74, 6) is -0.939. The van der Waals surface area contributed by atoms with Crippen molar-refractivity contribution in [1.29, 1.82) is 0 Å². The van der Waals surface area contributed by atoms with Gasteiger partial charge in [0.2, 0.25) is 0 Å². The minimum absolute atomic E-state index is 0.253. The van der Waals surface area contributed by atoms with E-state index in [1.165, 1.54) is 12.1 Å². The van der Waals surface area contributed by atoms with E-state index in [1.54, 1.807) is 18.3 Å². The van der Waals surface area contributed by atoms with E-state index < -0.39 is 5.97 Å². The Labute approximate surface area is 117 Å². The molecule has 0 bridgehead atoms. The van der Waals surface area contributed by atoms with Crippen molar-refractivity contribution in [3.8, 4) is 0 Å². The van der Waals surface area contributed by atoms with E-state index in [1.807, 2.05) is 42.5 Å². The van der Waals surface area contributed by atoms with Gasteiger partial charge in [0.1, 0.15) is 0 Å². The zero-order valence-electron chi connectivity index (χ0n) is 10.7. The minimum atomic E-state index is -0.939. The number of carbonyl (C=O) groups is 1. The van der Waals surface area contributed by atoms with Gasteiger partial charge in [0, 0.05) is 6.21 Å². The fraction of sp³-hybridized carbons (Fsp3) is 0. The number of nitrogens with zero attached hydrogens (tertiary/aromatic N) is 1. The van der Waals surface area contributed by atoms with Gasteiger partial charge in [-0.15, -0.1) is 0 Å². The molecule has 0 aromatic heterocycles. The maximum absolute atomic E-state index is 10.7. The molecule has 0 saturated heterocycles. The normalized spacial score (nSPS) is 11.0. The molecule has 0 radical (unpaired) electrons. The Morgan fingerprint density at radius 2 is 1.75 bits per heavy atom. The first-order valence-electron chi connectivity index (χ1n) is 6.10. The van der Waals surface area contributed by atoms with Crippen molar-refractivity contribution >= 4 is 23.9 Å². The highest BCUT2D eigenvalue weighted by atomic mass is 16.4. The van der Waals surface area contributed by atoms with E-state index in [4.69, 9.17) is 5.11 Å². The van der Waals surface area contributed by atoms with Gasteiger partial charge in [0.05, 0.1) is 11.3 Å². The van der Waals surface area contributed by atoms with Gasteiger partial charge < -0.3 is 5.11 Å². The van der Waals surface area contributed by atoms with Gasteiger partial charge >= 0.3 is 5.97 Å². The van der Waals surface area contributed by atoms with Crippen molar-refractivity contribution in [2.45, 2.75) is 0 Å². The van der Waals surface area contributed by atoms with Crippen LogP contribution in [0.5, 0.6) is 0 Å². The molecule has 0 aliphatic rings. The van der Waals surface area contributed by atoms with Gasteiger partial charge in [-0.1, -0.05) is 36.4 Å². The average molecular weight is 266 g/mol. The first kappa shape index (κ1) is 13.5. The summed E-state index contributed by atoms with van der Waals surface area (Å²) >= 11 is 0. The molecule has 0 fully saturated rings. The van der Waals surface area contributed by atoms with Crippen LogP contribution in [0.2, 0.25) is 0 Å². The maximum Gasteiger partial charge on any atom is 0.335 e. The first-order chi connectivity index (χ1) is 9.75. The number of rotatable bonds is 5. The third-order valence-electron chi connectivity index (χ3n) is 2.57. The van der Waals surface area contributed by atoms with E-state index >= 15 is 0 Å². The lowest BCUT2D eigenvalue weighted by molar-refractivity contribution is 0.0697. The quantitative estimate of drug-likeness (QED) is 0.643. The van der Waals surface area contributed by atoms with Crippen LogP contribution >= 0.6 is 0 Å². The van der Waals surface area contributed by atoms with Crippen LogP contribution in [0.25, 0.3) is 6.08 Å². The summed E-state index contributed by atoms with van der Waals surface area (Å²) in [6.07, 6.45) is 5.41. The van der Waals surface area contributed by atoms with Gasteiger partial charge in [-0.25, -0.2) is 4.79 Å². The van der Waals surface area contributed by atoms with E-state index in [0.29, 0.717) is 0 Å². The summed E-state index contributed by atoms with van der Waals surface area (Å²) in [4.78, 5) is 10.7.